The van der Waals surface area contributed by atoms with Gasteiger partial charge in [-0.1, -0.05) is 0 Å². The van der Waals surface area contributed by atoms with E-state index in [0.29, 0.717) is 0 Å². The van der Waals surface area contributed by atoms with E-state index in [2.05, 4.69) is 10.4 Å². The van der Waals surface area contributed by atoms with Gasteiger partial charge in [0.15, 0.2) is 0 Å². The molecule has 2 N–H and O–H groups in total. The number of rotatable bonds is 4. The van der Waals surface area contributed by atoms with Crippen LogP contribution in [0.3, 0.4) is 0 Å². The number of hydrogen-bond acceptors (Lipinski definition) is 3. The van der Waals surface area contributed by atoms with E-state index in [1.165, 1.54) is 0 Å². The average molecular weight is 164 g/mol. The molecule has 0 atom stereocenters. The third-order valence-corrected chi connectivity index (χ3v) is 0.759. The van der Waals surface area contributed by atoms with Crippen LogP contribution in [0.2, 0.25) is 0 Å². The first kappa shape index (κ1) is 4.45. The Kier molecular flexibility index (Phi) is 1.76. The maximum absolute atomic E-state index is 10.8. The van der Waals surface area contributed by atoms with Gasteiger partial charge in [-0.3, -0.25) is 4.79 Å². The van der Waals surface area contributed by atoms with Crippen molar-refractivity contribution in [1.29, 1.82) is 1.43 Å². The minimum atomic E-state index is -2.45. The summed E-state index contributed by atoms with van der Waals surface area (Å²) >= 11 is 0. The van der Waals surface area contributed by atoms with Crippen molar-refractivity contribution in [3.05, 3.63) is 0 Å². The van der Waals surface area contributed by atoms with E-state index in [1.807, 2.05) is 0 Å². The Morgan fingerprint density at radius 1 is 1.73 bits per heavy atom. The molecule has 66 valence electrons. The summed E-state index contributed by atoms with van der Waals surface area (Å²) < 4.78 is 36.4. The van der Waals surface area contributed by atoms with Crippen LogP contribution in [0.25, 0.3) is 1.43 Å². The summed E-state index contributed by atoms with van der Waals surface area (Å²) in [6.45, 7) is 2.66. The van der Waals surface area contributed by atoms with Crippen LogP contribution >= 0.6 is 0 Å². The predicted octanol–water partition coefficient (Wildman–Crippen LogP) is 1.24. The molecule has 11 heavy (non-hydrogen) atoms. The van der Waals surface area contributed by atoms with E-state index in [1.54, 1.807) is 20.8 Å². The van der Waals surface area contributed by atoms with E-state index in [-0.39, 0.29) is 0 Å². The zero-order chi connectivity index (χ0) is 13.2. The summed E-state index contributed by atoms with van der Waals surface area (Å²) in [6, 6.07) is 0. The van der Waals surface area contributed by atoms with E-state index in [4.69, 9.17) is 6.91 Å². The predicted molar refractivity (Wildman–Crippen MR) is 44.6 cm³/mol. The summed E-state index contributed by atoms with van der Waals surface area (Å²) in [5.74, 6) is -1.11. The van der Waals surface area contributed by atoms with Crippen molar-refractivity contribution < 1.29 is 15.4 Å². The lowest BCUT2D eigenvalue weighted by molar-refractivity contribution is -0.137. The second-order valence-corrected chi connectivity index (χ2v) is 3.23. The summed E-state index contributed by atoms with van der Waals surface area (Å²) in [7, 11) is 0. The Bertz CT molecular complexity index is 262. The summed E-state index contributed by atoms with van der Waals surface area (Å²) in [5, 5.41) is 6.04. The maximum Gasteiger partial charge on any atom is 0.303 e. The van der Waals surface area contributed by atoms with Crippen molar-refractivity contribution in [2.24, 2.45) is 0 Å². The standard InChI is InChI=1S/C8H17NO2/c1-8(2,3)9-6-4-5-7(10)11/h9H,4-6H2,1-3H3,(H,10,11)/i4D2,6D2/hD. The molecule has 0 amide bonds. The number of hydrogen-bond donors (Lipinski definition) is 2. The Hall–Kier alpha value is -0.570. The molecule has 0 aliphatic carbocycles. The number of carboxylic acids is 1. The van der Waals surface area contributed by atoms with Crippen molar-refractivity contribution in [2.45, 2.75) is 39.1 Å². The van der Waals surface area contributed by atoms with Crippen LogP contribution in [0.15, 0.2) is 0 Å². The normalized spacial score (nSPS) is 20.5. The van der Waals surface area contributed by atoms with E-state index < -0.39 is 30.8 Å². The van der Waals surface area contributed by atoms with Gasteiger partial charge in [-0.15, -0.1) is 0 Å². The van der Waals surface area contributed by atoms with Crippen LogP contribution in [0.4, 0.5) is 0 Å². The highest BCUT2D eigenvalue weighted by Gasteiger charge is 2.07. The van der Waals surface area contributed by atoms with Crippen molar-refractivity contribution in [2.75, 3.05) is 6.50 Å². The molecule has 0 saturated heterocycles. The van der Waals surface area contributed by atoms with E-state index >= 15 is 0 Å². The van der Waals surface area contributed by atoms with E-state index in [0.717, 1.165) is 0 Å². The smallest absolute Gasteiger partial charge is 0.303 e. The SMILES string of the molecule is [2H]OC(=O)CC([2H])([2H])C([2H])([2H])NC(C)(C)C. The van der Waals surface area contributed by atoms with Crippen molar-refractivity contribution >= 4 is 5.97 Å². The molecule has 3 nitrogen and oxygen atoms in total. The number of carbonyl (C=O) groups is 1. The second-order valence-electron chi connectivity index (χ2n) is 3.23. The number of aliphatic carboxylic acids is 1. The third kappa shape index (κ3) is 9.43. The molecule has 0 bridgehead atoms. The average Bonchev–Trinajstić information content (AvgIpc) is 1.98. The number of nitrogens with one attached hydrogen (secondary N) is 1. The molecule has 0 aromatic rings. The lowest BCUT2D eigenvalue weighted by atomic mass is 10.1. The van der Waals surface area contributed by atoms with Gasteiger partial charge in [-0.25, -0.2) is 0 Å². The largest absolute Gasteiger partial charge is 0.481 e. The molecule has 0 heterocycles. The van der Waals surface area contributed by atoms with Crippen LogP contribution in [-0.2, 0) is 4.79 Å². The highest BCUT2D eigenvalue weighted by atomic mass is 16.4. The zero-order valence-corrected chi connectivity index (χ0v) is 7.02. The Labute approximate surface area is 74.9 Å². The van der Waals surface area contributed by atoms with Crippen molar-refractivity contribution in [3.63, 3.8) is 0 Å². The molecule has 0 spiro atoms. The second kappa shape index (κ2) is 4.34. The maximum atomic E-state index is 10.8. The number of carboxylic acid groups (broad SMARTS) is 1. The molecular formula is C8H17NO2. The topological polar surface area (TPSA) is 49.3 Å². The molecule has 0 aromatic carbocycles. The van der Waals surface area contributed by atoms with Gasteiger partial charge in [0.25, 0.3) is 1.43 Å². The van der Waals surface area contributed by atoms with Crippen LogP contribution < -0.4 is 5.32 Å². The quantitative estimate of drug-likeness (QED) is 0.657. The minimum Gasteiger partial charge on any atom is -0.481 e. The fourth-order valence-corrected chi connectivity index (χ4v) is 0.348. The van der Waals surface area contributed by atoms with Gasteiger partial charge in [0.2, 0.25) is 0 Å². The van der Waals surface area contributed by atoms with Crippen molar-refractivity contribution in [3.8, 4) is 0 Å². The van der Waals surface area contributed by atoms with Crippen LogP contribution in [-0.4, -0.2) is 23.1 Å². The molecule has 3 heteroatoms. The molecule has 0 fully saturated rings. The lowest BCUT2D eigenvalue weighted by Crippen LogP contribution is -2.36. The monoisotopic (exact) mass is 164 g/mol. The highest BCUT2D eigenvalue weighted by molar-refractivity contribution is 5.66. The van der Waals surface area contributed by atoms with Crippen molar-refractivity contribution in [1.82, 2.24) is 5.32 Å². The zero-order valence-electron chi connectivity index (χ0n) is 12.0. The summed E-state index contributed by atoms with van der Waals surface area (Å²) in [4.78, 5) is 10.8. The third-order valence-electron chi connectivity index (χ3n) is 0.759. The van der Waals surface area contributed by atoms with Gasteiger partial charge in [0.1, 0.15) is 0 Å². The van der Waals surface area contributed by atoms with Gasteiger partial charge in [-0.2, -0.15) is 0 Å². The first-order valence-electron chi connectivity index (χ1n) is 5.77. The fraction of sp³-hybridized carbons (Fsp3) is 0.875. The van der Waals surface area contributed by atoms with Crippen LogP contribution in [0.1, 0.15) is 39.0 Å². The molecule has 0 radical (unpaired) electrons. The molecule has 0 unspecified atom stereocenters. The molecule has 0 aliphatic rings. The summed E-state index contributed by atoms with van der Waals surface area (Å²) in [6.07, 6.45) is -3.26. The Morgan fingerprint density at radius 3 is 2.82 bits per heavy atom. The van der Waals surface area contributed by atoms with E-state index in [9.17, 15) is 4.79 Å². The molecular weight excluding hydrogens is 142 g/mol. The van der Waals surface area contributed by atoms with Gasteiger partial charge < -0.3 is 10.4 Å². The lowest BCUT2D eigenvalue weighted by Gasteiger charge is -2.19. The van der Waals surface area contributed by atoms with Gasteiger partial charge in [0.05, 0.1) is 0 Å². The molecule has 0 saturated carbocycles. The molecule has 0 aliphatic heterocycles. The van der Waals surface area contributed by atoms with Gasteiger partial charge >= 0.3 is 5.97 Å². The summed E-state index contributed by atoms with van der Waals surface area (Å²) in [5.41, 5.74) is -0.637. The Balaban J connectivity index is 4.77. The van der Waals surface area contributed by atoms with Crippen LogP contribution in [0.5, 0.6) is 0 Å². The minimum absolute atomic E-state index is 0.637. The van der Waals surface area contributed by atoms with Gasteiger partial charge in [0, 0.05) is 17.4 Å². The first-order chi connectivity index (χ1) is 6.91. The molecule has 0 rings (SSSR count). The Morgan fingerprint density at radius 2 is 2.36 bits per heavy atom. The highest BCUT2D eigenvalue weighted by Crippen LogP contribution is 1.98. The van der Waals surface area contributed by atoms with Gasteiger partial charge in [-0.05, 0) is 33.6 Å². The fourth-order valence-electron chi connectivity index (χ4n) is 0.348. The van der Waals surface area contributed by atoms with Crippen LogP contribution in [0, 0.1) is 0 Å². The first-order valence-corrected chi connectivity index (χ1v) is 3.37. The molecule has 0 aromatic heterocycles.